The summed E-state index contributed by atoms with van der Waals surface area (Å²) in [5.74, 6) is -0.165. The van der Waals surface area contributed by atoms with Gasteiger partial charge in [0.25, 0.3) is 0 Å². The maximum atomic E-state index is 13.2. The molecule has 0 bridgehead atoms. The second-order valence-corrected chi connectivity index (χ2v) is 4.68. The van der Waals surface area contributed by atoms with Crippen molar-refractivity contribution in [3.63, 3.8) is 0 Å². The Balaban J connectivity index is 1.67. The fraction of sp³-hybridized carbons (Fsp3) is 0.357. The van der Waals surface area contributed by atoms with E-state index in [-0.39, 0.29) is 5.82 Å². The van der Waals surface area contributed by atoms with Crippen LogP contribution in [0.25, 0.3) is 0 Å². The number of aromatic nitrogens is 2. The third kappa shape index (κ3) is 2.23. The molecule has 0 atom stereocenters. The zero-order chi connectivity index (χ0) is 12.4. The summed E-state index contributed by atoms with van der Waals surface area (Å²) < 4.78 is 15.2. The summed E-state index contributed by atoms with van der Waals surface area (Å²) >= 11 is 0. The Labute approximate surface area is 106 Å². The lowest BCUT2D eigenvalue weighted by atomic mass is 10.0. The molecule has 18 heavy (non-hydrogen) atoms. The summed E-state index contributed by atoms with van der Waals surface area (Å²) in [5, 5.41) is 4.29. The molecule has 3 rings (SSSR count). The van der Waals surface area contributed by atoms with Gasteiger partial charge in [-0.25, -0.2) is 4.39 Å². The molecule has 2 heterocycles. The van der Waals surface area contributed by atoms with Crippen molar-refractivity contribution in [2.45, 2.75) is 18.9 Å². The molecule has 3 nitrogen and oxygen atoms in total. The Kier molecular flexibility index (Phi) is 3.00. The second-order valence-electron chi connectivity index (χ2n) is 4.68. The van der Waals surface area contributed by atoms with Crippen LogP contribution in [0.15, 0.2) is 42.7 Å². The first-order chi connectivity index (χ1) is 8.83. The number of anilines is 1. The molecule has 1 aliphatic heterocycles. The zero-order valence-electron chi connectivity index (χ0n) is 10.2. The lowest BCUT2D eigenvalue weighted by Crippen LogP contribution is -2.34. The van der Waals surface area contributed by atoms with Crippen LogP contribution in [0.1, 0.15) is 18.9 Å². The number of piperidine rings is 1. The molecule has 0 radical (unpaired) electrons. The van der Waals surface area contributed by atoms with Crippen molar-refractivity contribution in [3.8, 4) is 0 Å². The molecule has 1 aliphatic rings. The smallest absolute Gasteiger partial charge is 0.125 e. The first-order valence-electron chi connectivity index (χ1n) is 6.32. The monoisotopic (exact) mass is 245 g/mol. The molecule has 1 aromatic heterocycles. The molecule has 0 unspecified atom stereocenters. The van der Waals surface area contributed by atoms with Gasteiger partial charge in [-0.1, -0.05) is 6.07 Å². The van der Waals surface area contributed by atoms with Crippen LogP contribution in [-0.4, -0.2) is 22.9 Å². The van der Waals surface area contributed by atoms with E-state index in [1.54, 1.807) is 12.1 Å². The lowest BCUT2D eigenvalue weighted by Gasteiger charge is -2.33. The van der Waals surface area contributed by atoms with Crippen LogP contribution in [0, 0.1) is 5.82 Å². The zero-order valence-corrected chi connectivity index (χ0v) is 10.2. The summed E-state index contributed by atoms with van der Waals surface area (Å²) in [6, 6.07) is 9.26. The van der Waals surface area contributed by atoms with E-state index in [2.05, 4.69) is 10.00 Å². The van der Waals surface area contributed by atoms with Crippen molar-refractivity contribution >= 4 is 5.69 Å². The van der Waals surface area contributed by atoms with Crippen molar-refractivity contribution < 1.29 is 4.39 Å². The van der Waals surface area contributed by atoms with Gasteiger partial charge in [-0.15, -0.1) is 0 Å². The van der Waals surface area contributed by atoms with Crippen molar-refractivity contribution in [2.24, 2.45) is 0 Å². The standard InChI is InChI=1S/C14H16FN3/c15-12-3-1-4-14(11-12)17-9-5-13(6-10-17)18-8-2-7-16-18/h1-4,7-8,11,13H,5-6,9-10H2. The van der Waals surface area contributed by atoms with Gasteiger partial charge in [0.1, 0.15) is 5.82 Å². The highest BCUT2D eigenvalue weighted by atomic mass is 19.1. The van der Waals surface area contributed by atoms with Crippen LogP contribution in [0.2, 0.25) is 0 Å². The molecule has 0 spiro atoms. The molecule has 0 N–H and O–H groups in total. The molecule has 2 aromatic rings. The van der Waals surface area contributed by atoms with Gasteiger partial charge in [-0.05, 0) is 37.1 Å². The number of halogens is 1. The Bertz CT molecular complexity index is 502. The van der Waals surface area contributed by atoms with E-state index < -0.39 is 0 Å². The van der Waals surface area contributed by atoms with E-state index in [9.17, 15) is 4.39 Å². The largest absolute Gasteiger partial charge is 0.371 e. The molecular formula is C14H16FN3. The number of nitrogens with zero attached hydrogens (tertiary/aromatic N) is 3. The third-order valence-electron chi connectivity index (χ3n) is 3.54. The van der Waals surface area contributed by atoms with Gasteiger partial charge >= 0.3 is 0 Å². The highest BCUT2D eigenvalue weighted by Gasteiger charge is 2.20. The van der Waals surface area contributed by atoms with E-state index in [1.165, 1.54) is 6.07 Å². The first-order valence-corrected chi connectivity index (χ1v) is 6.32. The maximum absolute atomic E-state index is 13.2. The minimum Gasteiger partial charge on any atom is -0.371 e. The second kappa shape index (κ2) is 4.80. The van der Waals surface area contributed by atoms with Gasteiger partial charge in [-0.2, -0.15) is 5.10 Å². The average molecular weight is 245 g/mol. The normalized spacial score (nSPS) is 17.1. The van der Waals surface area contributed by atoms with Gasteiger partial charge in [0.2, 0.25) is 0 Å². The SMILES string of the molecule is Fc1cccc(N2CCC(n3cccn3)CC2)c1. The highest BCUT2D eigenvalue weighted by Crippen LogP contribution is 2.26. The Morgan fingerprint density at radius 3 is 2.67 bits per heavy atom. The van der Waals surface area contributed by atoms with E-state index in [0.29, 0.717) is 6.04 Å². The van der Waals surface area contributed by atoms with Crippen LogP contribution >= 0.6 is 0 Å². The van der Waals surface area contributed by atoms with Crippen molar-refractivity contribution in [2.75, 3.05) is 18.0 Å². The number of rotatable bonds is 2. The van der Waals surface area contributed by atoms with Gasteiger partial charge in [0.15, 0.2) is 0 Å². The summed E-state index contributed by atoms with van der Waals surface area (Å²) in [6.07, 6.45) is 5.94. The molecule has 4 heteroatoms. The van der Waals surface area contributed by atoms with Gasteiger partial charge in [0.05, 0.1) is 6.04 Å². The molecule has 0 amide bonds. The van der Waals surface area contributed by atoms with Crippen molar-refractivity contribution in [3.05, 3.63) is 48.5 Å². The van der Waals surface area contributed by atoms with E-state index >= 15 is 0 Å². The molecule has 1 fully saturated rings. The predicted molar refractivity (Wildman–Crippen MR) is 69.1 cm³/mol. The van der Waals surface area contributed by atoms with Gasteiger partial charge in [-0.3, -0.25) is 4.68 Å². The summed E-state index contributed by atoms with van der Waals surface area (Å²) in [5.41, 5.74) is 0.980. The summed E-state index contributed by atoms with van der Waals surface area (Å²) in [6.45, 7) is 1.90. The molecule has 1 saturated heterocycles. The van der Waals surface area contributed by atoms with Crippen LogP contribution < -0.4 is 4.90 Å². The minimum absolute atomic E-state index is 0.165. The van der Waals surface area contributed by atoms with Crippen LogP contribution in [0.4, 0.5) is 10.1 Å². The summed E-state index contributed by atoms with van der Waals surface area (Å²) in [4.78, 5) is 2.24. The molecular weight excluding hydrogens is 229 g/mol. The molecule has 0 saturated carbocycles. The number of hydrogen-bond acceptors (Lipinski definition) is 2. The molecule has 94 valence electrons. The average Bonchev–Trinajstić information content (AvgIpc) is 2.93. The Hall–Kier alpha value is -1.84. The van der Waals surface area contributed by atoms with E-state index in [0.717, 1.165) is 31.6 Å². The highest BCUT2D eigenvalue weighted by molar-refractivity contribution is 5.46. The Morgan fingerprint density at radius 2 is 2.00 bits per heavy atom. The molecule has 0 aliphatic carbocycles. The first kappa shape index (κ1) is 11.3. The van der Waals surface area contributed by atoms with Gasteiger partial charge < -0.3 is 4.90 Å². The number of hydrogen-bond donors (Lipinski definition) is 0. The number of benzene rings is 1. The lowest BCUT2D eigenvalue weighted by molar-refractivity contribution is 0.367. The van der Waals surface area contributed by atoms with Crippen molar-refractivity contribution in [1.29, 1.82) is 0 Å². The van der Waals surface area contributed by atoms with Gasteiger partial charge in [0, 0.05) is 31.2 Å². The fourth-order valence-electron chi connectivity index (χ4n) is 2.56. The maximum Gasteiger partial charge on any atom is 0.125 e. The van der Waals surface area contributed by atoms with E-state index in [4.69, 9.17) is 0 Å². The van der Waals surface area contributed by atoms with Crippen LogP contribution in [-0.2, 0) is 0 Å². The fourth-order valence-corrected chi connectivity index (χ4v) is 2.56. The topological polar surface area (TPSA) is 21.1 Å². The molecule has 1 aromatic carbocycles. The Morgan fingerprint density at radius 1 is 1.17 bits per heavy atom. The minimum atomic E-state index is -0.165. The van der Waals surface area contributed by atoms with Crippen LogP contribution in [0.5, 0.6) is 0 Å². The quantitative estimate of drug-likeness (QED) is 0.811. The van der Waals surface area contributed by atoms with Crippen LogP contribution in [0.3, 0.4) is 0 Å². The summed E-state index contributed by atoms with van der Waals surface area (Å²) in [7, 11) is 0. The van der Waals surface area contributed by atoms with E-state index in [1.807, 2.05) is 29.2 Å². The third-order valence-corrected chi connectivity index (χ3v) is 3.54. The van der Waals surface area contributed by atoms with Crippen molar-refractivity contribution in [1.82, 2.24) is 9.78 Å². The predicted octanol–water partition coefficient (Wildman–Crippen LogP) is 2.86.